The molecule has 1 amide bonds. The van der Waals surface area contributed by atoms with Crippen molar-refractivity contribution in [2.45, 2.75) is 13.8 Å². The Balaban J connectivity index is 2.50. The maximum Gasteiger partial charge on any atom is 0.250 e. The number of rotatable bonds is 3. The molecule has 0 aliphatic carbocycles. The summed E-state index contributed by atoms with van der Waals surface area (Å²) in [6.07, 6.45) is 0. The summed E-state index contributed by atoms with van der Waals surface area (Å²) in [6, 6.07) is 9.08. The van der Waals surface area contributed by atoms with Crippen LogP contribution < -0.4 is 16.8 Å². The van der Waals surface area contributed by atoms with E-state index in [9.17, 15) is 4.79 Å². The number of carbonyl (C=O) groups is 1. The summed E-state index contributed by atoms with van der Waals surface area (Å²) in [5.74, 6) is -0.578. The first-order valence-electron chi connectivity index (χ1n) is 6.11. The highest BCUT2D eigenvalue weighted by Crippen LogP contribution is 2.32. The monoisotopic (exact) mass is 289 g/mol. The minimum atomic E-state index is -0.578. The van der Waals surface area contributed by atoms with Gasteiger partial charge in [0.05, 0.1) is 16.3 Å². The van der Waals surface area contributed by atoms with Crippen LogP contribution in [0.2, 0.25) is 5.02 Å². The molecule has 0 unspecified atom stereocenters. The van der Waals surface area contributed by atoms with E-state index in [2.05, 4.69) is 11.4 Å². The maximum absolute atomic E-state index is 11.5. The molecule has 0 fully saturated rings. The zero-order valence-electron chi connectivity index (χ0n) is 11.3. The molecule has 0 bridgehead atoms. The molecule has 2 aromatic rings. The molecule has 0 saturated heterocycles. The number of hydrogen-bond acceptors (Lipinski definition) is 3. The predicted octanol–water partition coefficient (Wildman–Crippen LogP) is 3.38. The number of primary amides is 1. The molecule has 0 spiro atoms. The van der Waals surface area contributed by atoms with Gasteiger partial charge in [-0.25, -0.2) is 0 Å². The molecule has 0 aliphatic rings. The quantitative estimate of drug-likeness (QED) is 0.758. The fraction of sp³-hybridized carbons (Fsp3) is 0.133. The molecular weight excluding hydrogens is 274 g/mol. The summed E-state index contributed by atoms with van der Waals surface area (Å²) in [7, 11) is 0. The first-order valence-corrected chi connectivity index (χ1v) is 6.49. The second-order valence-corrected chi connectivity index (χ2v) is 5.20. The van der Waals surface area contributed by atoms with E-state index >= 15 is 0 Å². The Labute approximate surface area is 122 Å². The highest BCUT2D eigenvalue weighted by Gasteiger charge is 2.13. The molecule has 4 nitrogen and oxygen atoms in total. The molecule has 2 aromatic carbocycles. The number of carbonyl (C=O) groups excluding carboxylic acids is 1. The molecule has 5 heteroatoms. The molecule has 2 rings (SSSR count). The minimum Gasteiger partial charge on any atom is -0.399 e. The van der Waals surface area contributed by atoms with E-state index in [1.165, 1.54) is 6.07 Å². The largest absolute Gasteiger partial charge is 0.399 e. The van der Waals surface area contributed by atoms with E-state index in [4.69, 9.17) is 23.1 Å². The average molecular weight is 290 g/mol. The average Bonchev–Trinajstić information content (AvgIpc) is 2.30. The Kier molecular flexibility index (Phi) is 3.86. The lowest BCUT2D eigenvalue weighted by Crippen LogP contribution is -2.14. The van der Waals surface area contributed by atoms with Crippen LogP contribution in [0.3, 0.4) is 0 Å². The molecule has 0 atom stereocenters. The number of anilines is 3. The van der Waals surface area contributed by atoms with Gasteiger partial charge in [-0.05, 0) is 49.2 Å². The Bertz CT molecular complexity index is 663. The van der Waals surface area contributed by atoms with Crippen molar-refractivity contribution in [1.82, 2.24) is 0 Å². The molecule has 20 heavy (non-hydrogen) atoms. The first-order chi connectivity index (χ1) is 9.36. The van der Waals surface area contributed by atoms with E-state index in [0.29, 0.717) is 16.4 Å². The van der Waals surface area contributed by atoms with Gasteiger partial charge in [-0.2, -0.15) is 0 Å². The smallest absolute Gasteiger partial charge is 0.250 e. The van der Waals surface area contributed by atoms with Crippen LogP contribution in [0.1, 0.15) is 21.5 Å². The van der Waals surface area contributed by atoms with Crippen molar-refractivity contribution >= 4 is 34.6 Å². The van der Waals surface area contributed by atoms with Crippen LogP contribution in [0.4, 0.5) is 17.1 Å². The van der Waals surface area contributed by atoms with Gasteiger partial charge in [0.25, 0.3) is 5.91 Å². The van der Waals surface area contributed by atoms with Crippen LogP contribution >= 0.6 is 11.6 Å². The third kappa shape index (κ3) is 3.03. The number of halogens is 1. The number of aryl methyl sites for hydroxylation is 2. The van der Waals surface area contributed by atoms with E-state index in [0.717, 1.165) is 16.8 Å². The highest BCUT2D eigenvalue weighted by molar-refractivity contribution is 6.34. The summed E-state index contributed by atoms with van der Waals surface area (Å²) in [5.41, 5.74) is 15.3. The fourth-order valence-corrected chi connectivity index (χ4v) is 2.42. The highest BCUT2D eigenvalue weighted by atomic mass is 35.5. The lowest BCUT2D eigenvalue weighted by molar-refractivity contribution is 0.100. The van der Waals surface area contributed by atoms with Crippen molar-refractivity contribution < 1.29 is 4.79 Å². The third-order valence-electron chi connectivity index (χ3n) is 2.87. The van der Waals surface area contributed by atoms with Crippen LogP contribution in [-0.2, 0) is 0 Å². The van der Waals surface area contributed by atoms with Crippen molar-refractivity contribution in [2.75, 3.05) is 11.1 Å². The summed E-state index contributed by atoms with van der Waals surface area (Å²) in [6.45, 7) is 4.00. The second kappa shape index (κ2) is 5.43. The summed E-state index contributed by atoms with van der Waals surface area (Å²) < 4.78 is 0. The van der Waals surface area contributed by atoms with Crippen molar-refractivity contribution in [3.63, 3.8) is 0 Å². The van der Waals surface area contributed by atoms with Crippen molar-refractivity contribution in [3.8, 4) is 0 Å². The summed E-state index contributed by atoms with van der Waals surface area (Å²) in [4.78, 5) is 11.5. The lowest BCUT2D eigenvalue weighted by Gasteiger charge is -2.14. The number of nitrogens with one attached hydrogen (secondary N) is 1. The minimum absolute atomic E-state index is 0.272. The standard InChI is InChI=1S/C15H16ClN3O/c1-8-3-9(2)5-11(4-8)19-14-12(15(18)20)6-10(17)7-13(14)16/h3-7,19H,17H2,1-2H3,(H2,18,20). The maximum atomic E-state index is 11.5. The van der Waals surface area contributed by atoms with Crippen LogP contribution in [0.15, 0.2) is 30.3 Å². The van der Waals surface area contributed by atoms with Gasteiger partial charge in [0, 0.05) is 11.4 Å². The Hall–Kier alpha value is -2.20. The number of nitrogen functional groups attached to an aromatic ring is 1. The normalized spacial score (nSPS) is 10.3. The fourth-order valence-electron chi connectivity index (χ4n) is 2.14. The Morgan fingerprint density at radius 3 is 2.25 bits per heavy atom. The van der Waals surface area contributed by atoms with Gasteiger partial charge in [0.2, 0.25) is 0 Å². The van der Waals surface area contributed by atoms with Crippen LogP contribution in [0.25, 0.3) is 0 Å². The molecule has 0 aromatic heterocycles. The van der Waals surface area contributed by atoms with E-state index in [1.807, 2.05) is 26.0 Å². The van der Waals surface area contributed by atoms with Gasteiger partial charge in [0.15, 0.2) is 0 Å². The second-order valence-electron chi connectivity index (χ2n) is 4.79. The third-order valence-corrected chi connectivity index (χ3v) is 3.17. The summed E-state index contributed by atoms with van der Waals surface area (Å²) >= 11 is 6.16. The van der Waals surface area contributed by atoms with Gasteiger partial charge in [-0.1, -0.05) is 17.7 Å². The lowest BCUT2D eigenvalue weighted by atomic mass is 10.1. The molecule has 0 radical (unpaired) electrons. The predicted molar refractivity (Wildman–Crippen MR) is 83.6 cm³/mol. The van der Waals surface area contributed by atoms with E-state index < -0.39 is 5.91 Å². The number of amides is 1. The topological polar surface area (TPSA) is 81.1 Å². The Morgan fingerprint density at radius 1 is 1.10 bits per heavy atom. The molecule has 104 valence electrons. The van der Waals surface area contributed by atoms with Gasteiger partial charge in [-0.15, -0.1) is 0 Å². The Morgan fingerprint density at radius 2 is 1.70 bits per heavy atom. The van der Waals surface area contributed by atoms with E-state index in [-0.39, 0.29) is 5.56 Å². The SMILES string of the molecule is Cc1cc(C)cc(Nc2c(Cl)cc(N)cc2C(N)=O)c1. The summed E-state index contributed by atoms with van der Waals surface area (Å²) in [5, 5.41) is 3.50. The van der Waals surface area contributed by atoms with Gasteiger partial charge in [0.1, 0.15) is 0 Å². The molecule has 0 heterocycles. The number of nitrogens with two attached hydrogens (primary N) is 2. The van der Waals surface area contributed by atoms with Crippen LogP contribution in [-0.4, -0.2) is 5.91 Å². The van der Waals surface area contributed by atoms with Crippen molar-refractivity contribution in [1.29, 1.82) is 0 Å². The molecule has 0 aliphatic heterocycles. The van der Waals surface area contributed by atoms with Gasteiger partial charge in [-0.3, -0.25) is 4.79 Å². The van der Waals surface area contributed by atoms with Crippen LogP contribution in [0, 0.1) is 13.8 Å². The van der Waals surface area contributed by atoms with Gasteiger partial charge < -0.3 is 16.8 Å². The van der Waals surface area contributed by atoms with E-state index in [1.54, 1.807) is 6.07 Å². The zero-order chi connectivity index (χ0) is 14.9. The number of benzene rings is 2. The van der Waals surface area contributed by atoms with Crippen molar-refractivity contribution in [3.05, 3.63) is 52.0 Å². The molecule has 0 saturated carbocycles. The molecular formula is C15H16ClN3O. The van der Waals surface area contributed by atoms with Crippen LogP contribution in [0.5, 0.6) is 0 Å². The first kappa shape index (κ1) is 14.2. The zero-order valence-corrected chi connectivity index (χ0v) is 12.1. The molecule has 5 N–H and O–H groups in total. The van der Waals surface area contributed by atoms with Crippen molar-refractivity contribution in [2.24, 2.45) is 5.73 Å². The van der Waals surface area contributed by atoms with Gasteiger partial charge >= 0.3 is 0 Å². The number of hydrogen-bond donors (Lipinski definition) is 3.